The number of piperidine rings is 1. The maximum absolute atomic E-state index is 10.5. The van der Waals surface area contributed by atoms with E-state index in [0.717, 1.165) is 32.5 Å². The molecule has 0 amide bonds. The zero-order valence-corrected chi connectivity index (χ0v) is 16.0. The summed E-state index contributed by atoms with van der Waals surface area (Å²) in [4.78, 5) is 2.53. The molecule has 1 aliphatic carbocycles. The summed E-state index contributed by atoms with van der Waals surface area (Å²) in [6, 6.07) is 7.78. The van der Waals surface area contributed by atoms with Crippen molar-refractivity contribution in [3.63, 3.8) is 0 Å². The molecule has 1 saturated heterocycles. The van der Waals surface area contributed by atoms with Crippen molar-refractivity contribution in [1.29, 1.82) is 0 Å². The van der Waals surface area contributed by atoms with Gasteiger partial charge in [-0.2, -0.15) is 0 Å². The number of hydrogen-bond donors (Lipinski definition) is 2. The second-order valence-corrected chi connectivity index (χ2v) is 8.67. The van der Waals surface area contributed by atoms with Crippen LogP contribution >= 0.6 is 0 Å². The summed E-state index contributed by atoms with van der Waals surface area (Å²) < 4.78 is 0. The van der Waals surface area contributed by atoms with E-state index in [4.69, 9.17) is 0 Å². The lowest BCUT2D eigenvalue weighted by atomic mass is 9.68. The molecule has 0 bridgehead atoms. The van der Waals surface area contributed by atoms with E-state index in [1.54, 1.807) is 6.07 Å². The fourth-order valence-corrected chi connectivity index (χ4v) is 4.88. The number of aliphatic hydroxyl groups excluding tert-OH is 1. The Hall–Kier alpha value is -1.06. The highest BCUT2D eigenvalue weighted by Gasteiger charge is 2.38. The molecule has 3 nitrogen and oxygen atoms in total. The Bertz CT molecular complexity index is 555. The molecule has 1 aromatic carbocycles. The molecule has 0 unspecified atom stereocenters. The average Bonchev–Trinajstić information content (AvgIpc) is 2.63. The fraction of sp³-hybridized carbons (Fsp3) is 0.727. The number of nitrogens with zero attached hydrogens (tertiary/aromatic N) is 1. The first kappa shape index (κ1) is 18.7. The molecule has 3 atom stereocenters. The number of hydrogen-bond acceptors (Lipinski definition) is 3. The molecule has 0 aromatic heterocycles. The Morgan fingerprint density at radius 1 is 1.24 bits per heavy atom. The van der Waals surface area contributed by atoms with E-state index in [1.807, 2.05) is 12.1 Å². The molecular formula is C22H35NO2. The van der Waals surface area contributed by atoms with Crippen molar-refractivity contribution >= 4 is 0 Å². The van der Waals surface area contributed by atoms with Gasteiger partial charge in [-0.05, 0) is 67.2 Å². The van der Waals surface area contributed by atoms with Crippen molar-refractivity contribution in [2.45, 2.75) is 70.3 Å². The third kappa shape index (κ3) is 4.38. The van der Waals surface area contributed by atoms with Gasteiger partial charge in [-0.15, -0.1) is 0 Å². The molecule has 1 aliphatic heterocycles. The van der Waals surface area contributed by atoms with Crippen molar-refractivity contribution < 1.29 is 10.2 Å². The normalized spacial score (nSPS) is 30.3. The van der Waals surface area contributed by atoms with Crippen LogP contribution in [0.1, 0.15) is 64.4 Å². The van der Waals surface area contributed by atoms with Gasteiger partial charge in [0.1, 0.15) is 5.75 Å². The van der Waals surface area contributed by atoms with E-state index in [0.29, 0.717) is 17.6 Å². The molecule has 1 heterocycles. The third-order valence-electron chi connectivity index (χ3n) is 7.01. The van der Waals surface area contributed by atoms with Crippen LogP contribution in [0.4, 0.5) is 0 Å². The largest absolute Gasteiger partial charge is 0.508 e. The number of aromatic hydroxyl groups is 1. The molecule has 3 heteroatoms. The first-order chi connectivity index (χ1) is 12.0. The number of phenols is 1. The quantitative estimate of drug-likeness (QED) is 0.835. The summed E-state index contributed by atoms with van der Waals surface area (Å²) in [7, 11) is 0. The van der Waals surface area contributed by atoms with Gasteiger partial charge in [-0.1, -0.05) is 45.2 Å². The van der Waals surface area contributed by atoms with Gasteiger partial charge in [0.15, 0.2) is 0 Å². The number of benzene rings is 1. The summed E-state index contributed by atoms with van der Waals surface area (Å²) in [6.07, 6.45) is 8.28. The molecule has 2 N–H and O–H groups in total. The van der Waals surface area contributed by atoms with Gasteiger partial charge in [0, 0.05) is 13.1 Å². The molecule has 1 saturated carbocycles. The van der Waals surface area contributed by atoms with Gasteiger partial charge in [-0.3, -0.25) is 0 Å². The second kappa shape index (κ2) is 8.09. The lowest BCUT2D eigenvalue weighted by molar-refractivity contribution is 0.0502. The van der Waals surface area contributed by atoms with Crippen molar-refractivity contribution in [3.05, 3.63) is 29.8 Å². The van der Waals surface area contributed by atoms with Gasteiger partial charge in [-0.25, -0.2) is 0 Å². The molecule has 2 aliphatic rings. The smallest absolute Gasteiger partial charge is 0.115 e. The highest BCUT2D eigenvalue weighted by molar-refractivity contribution is 5.33. The minimum atomic E-state index is -0.116. The molecule has 2 fully saturated rings. The summed E-state index contributed by atoms with van der Waals surface area (Å²) in [6.45, 7) is 7.82. The van der Waals surface area contributed by atoms with Crippen molar-refractivity contribution in [3.8, 4) is 5.75 Å². The zero-order chi connectivity index (χ0) is 17.9. The maximum atomic E-state index is 10.5. The van der Waals surface area contributed by atoms with Crippen LogP contribution in [0.3, 0.4) is 0 Å². The number of rotatable bonds is 5. The van der Waals surface area contributed by atoms with Crippen LogP contribution in [-0.2, 0) is 5.41 Å². The number of likely N-dealkylation sites (tertiary alicyclic amines) is 1. The van der Waals surface area contributed by atoms with Gasteiger partial charge in [0.25, 0.3) is 0 Å². The predicted molar refractivity (Wildman–Crippen MR) is 103 cm³/mol. The van der Waals surface area contributed by atoms with E-state index >= 15 is 0 Å². The standard InChI is InChI=1S/C22H35NO2/c1-17-16-23(13-11-21(25)18-7-4-3-5-8-18)14-12-22(17,2)19-9-6-10-20(24)15-19/h6,9-10,15,17-18,21,24-25H,3-5,7-8,11-14,16H2,1-2H3/t17-,21+,22+/m0/s1. The fourth-order valence-electron chi connectivity index (χ4n) is 4.88. The van der Waals surface area contributed by atoms with Crippen LogP contribution in [0, 0.1) is 11.8 Å². The summed E-state index contributed by atoms with van der Waals surface area (Å²) in [5.74, 6) is 1.44. The van der Waals surface area contributed by atoms with Crippen LogP contribution in [-0.4, -0.2) is 40.9 Å². The zero-order valence-electron chi connectivity index (χ0n) is 16.0. The average molecular weight is 346 g/mol. The van der Waals surface area contributed by atoms with E-state index in [1.165, 1.54) is 37.7 Å². The van der Waals surface area contributed by atoms with Crippen molar-refractivity contribution in [2.24, 2.45) is 11.8 Å². The topological polar surface area (TPSA) is 43.7 Å². The monoisotopic (exact) mass is 345 g/mol. The Morgan fingerprint density at radius 3 is 2.68 bits per heavy atom. The van der Waals surface area contributed by atoms with Gasteiger partial charge in [0.05, 0.1) is 6.10 Å². The second-order valence-electron chi connectivity index (χ2n) is 8.67. The van der Waals surface area contributed by atoms with Crippen LogP contribution in [0.5, 0.6) is 5.75 Å². The highest BCUT2D eigenvalue weighted by atomic mass is 16.3. The van der Waals surface area contributed by atoms with Crippen molar-refractivity contribution in [1.82, 2.24) is 4.90 Å². The summed E-state index contributed by atoms with van der Waals surface area (Å²) >= 11 is 0. The molecule has 25 heavy (non-hydrogen) atoms. The molecular weight excluding hydrogens is 310 g/mol. The van der Waals surface area contributed by atoms with Gasteiger partial charge in [0.2, 0.25) is 0 Å². The Kier molecular flexibility index (Phi) is 6.06. The number of aliphatic hydroxyl groups is 1. The maximum Gasteiger partial charge on any atom is 0.115 e. The minimum absolute atomic E-state index is 0.116. The van der Waals surface area contributed by atoms with Crippen LogP contribution in [0.25, 0.3) is 0 Å². The van der Waals surface area contributed by atoms with Crippen molar-refractivity contribution in [2.75, 3.05) is 19.6 Å². The highest BCUT2D eigenvalue weighted by Crippen LogP contribution is 2.40. The van der Waals surface area contributed by atoms with Crippen LogP contribution in [0.2, 0.25) is 0 Å². The lowest BCUT2D eigenvalue weighted by Gasteiger charge is -2.45. The first-order valence-corrected chi connectivity index (χ1v) is 10.2. The molecule has 0 radical (unpaired) electrons. The van der Waals surface area contributed by atoms with Crippen LogP contribution in [0.15, 0.2) is 24.3 Å². The van der Waals surface area contributed by atoms with Crippen LogP contribution < -0.4 is 0 Å². The molecule has 140 valence electrons. The van der Waals surface area contributed by atoms with E-state index < -0.39 is 0 Å². The van der Waals surface area contributed by atoms with E-state index in [-0.39, 0.29) is 11.5 Å². The Balaban J connectivity index is 1.53. The minimum Gasteiger partial charge on any atom is -0.508 e. The molecule has 3 rings (SSSR count). The SMILES string of the molecule is C[C@H]1CN(CC[C@@H](O)C2CCCCC2)CC[C@@]1(C)c1cccc(O)c1. The Labute approximate surface area is 153 Å². The lowest BCUT2D eigenvalue weighted by Crippen LogP contribution is -2.48. The van der Waals surface area contributed by atoms with E-state index in [9.17, 15) is 10.2 Å². The molecule has 1 aromatic rings. The van der Waals surface area contributed by atoms with Gasteiger partial charge < -0.3 is 15.1 Å². The Morgan fingerprint density at radius 2 is 2.00 bits per heavy atom. The summed E-state index contributed by atoms with van der Waals surface area (Å²) in [5, 5.41) is 20.4. The molecule has 0 spiro atoms. The first-order valence-electron chi connectivity index (χ1n) is 10.2. The summed E-state index contributed by atoms with van der Waals surface area (Å²) in [5.41, 5.74) is 1.37. The van der Waals surface area contributed by atoms with Gasteiger partial charge >= 0.3 is 0 Å². The number of phenolic OH excluding ortho intramolecular Hbond substituents is 1. The third-order valence-corrected chi connectivity index (χ3v) is 7.01. The predicted octanol–water partition coefficient (Wildman–Crippen LogP) is 4.32. The van der Waals surface area contributed by atoms with E-state index in [2.05, 4.69) is 24.8 Å².